The molecule has 0 fully saturated rings. The number of hydrogen-bond donors (Lipinski definition) is 2. The van der Waals surface area contributed by atoms with Crippen LogP contribution >= 0.6 is 35.3 Å². The minimum atomic E-state index is -3.42. The number of guanidine groups is 1. The fourth-order valence-corrected chi connectivity index (χ4v) is 4.54. The van der Waals surface area contributed by atoms with Crippen molar-refractivity contribution >= 4 is 51.3 Å². The Morgan fingerprint density at radius 2 is 1.89 bits per heavy atom. The standard InChI is InChI=1S/C17H23FN4O2S2.HI/c1-4-19-17(20-11-13-7-5-6-8-15(13)18)21-12-14-9-10-16(25-14)26(23,24)22(2)3;/h5-10H,4,11-12H2,1-3H3,(H2,19,20,21);1H. The van der Waals surface area contributed by atoms with Crippen LogP contribution in [0, 0.1) is 5.82 Å². The van der Waals surface area contributed by atoms with Gasteiger partial charge in [-0.25, -0.2) is 22.1 Å². The number of halogens is 2. The van der Waals surface area contributed by atoms with E-state index in [2.05, 4.69) is 15.6 Å². The Balaban J connectivity index is 0.00000364. The van der Waals surface area contributed by atoms with Crippen LogP contribution in [0.2, 0.25) is 0 Å². The van der Waals surface area contributed by atoms with Crippen molar-refractivity contribution in [3.05, 3.63) is 52.7 Å². The summed E-state index contributed by atoms with van der Waals surface area (Å²) < 4.78 is 39.4. The Kier molecular flexibility index (Phi) is 9.63. The van der Waals surface area contributed by atoms with Gasteiger partial charge in [-0.05, 0) is 25.1 Å². The third kappa shape index (κ3) is 6.70. The van der Waals surface area contributed by atoms with Crippen LogP contribution < -0.4 is 10.6 Å². The van der Waals surface area contributed by atoms with E-state index < -0.39 is 10.0 Å². The monoisotopic (exact) mass is 526 g/mol. The quantitative estimate of drug-likeness (QED) is 0.331. The van der Waals surface area contributed by atoms with E-state index in [1.54, 1.807) is 30.3 Å². The van der Waals surface area contributed by atoms with Crippen LogP contribution in [0.4, 0.5) is 4.39 Å². The summed E-state index contributed by atoms with van der Waals surface area (Å²) in [4.78, 5) is 5.24. The van der Waals surface area contributed by atoms with E-state index in [1.807, 2.05) is 6.92 Å². The highest BCUT2D eigenvalue weighted by Crippen LogP contribution is 2.23. The normalized spacial score (nSPS) is 12.0. The highest BCUT2D eigenvalue weighted by atomic mass is 127. The molecule has 0 radical (unpaired) electrons. The topological polar surface area (TPSA) is 73.8 Å². The Morgan fingerprint density at radius 1 is 1.19 bits per heavy atom. The van der Waals surface area contributed by atoms with Crippen LogP contribution in [0.1, 0.15) is 17.4 Å². The van der Waals surface area contributed by atoms with Crippen LogP contribution in [-0.2, 0) is 23.1 Å². The van der Waals surface area contributed by atoms with Crippen molar-refractivity contribution in [3.8, 4) is 0 Å². The number of thiophene rings is 1. The first-order valence-electron chi connectivity index (χ1n) is 8.11. The van der Waals surface area contributed by atoms with Crippen molar-refractivity contribution in [2.24, 2.45) is 4.99 Å². The lowest BCUT2D eigenvalue weighted by molar-refractivity contribution is 0.523. The minimum Gasteiger partial charge on any atom is -0.357 e. The van der Waals surface area contributed by atoms with Gasteiger partial charge in [0, 0.05) is 31.1 Å². The molecule has 27 heavy (non-hydrogen) atoms. The number of sulfonamides is 1. The molecule has 0 aliphatic carbocycles. The van der Waals surface area contributed by atoms with Crippen LogP contribution in [0.15, 0.2) is 45.6 Å². The molecule has 0 aliphatic heterocycles. The molecule has 1 aromatic carbocycles. The second-order valence-electron chi connectivity index (χ2n) is 5.65. The van der Waals surface area contributed by atoms with Gasteiger partial charge >= 0.3 is 0 Å². The minimum absolute atomic E-state index is 0. The van der Waals surface area contributed by atoms with Gasteiger partial charge in [0.1, 0.15) is 10.0 Å². The second kappa shape index (κ2) is 10.9. The molecule has 2 rings (SSSR count). The second-order valence-corrected chi connectivity index (χ2v) is 9.20. The predicted octanol–water partition coefficient (Wildman–Crippen LogP) is 3.01. The fourth-order valence-electron chi connectivity index (χ4n) is 2.08. The van der Waals surface area contributed by atoms with Crippen LogP contribution in [0.25, 0.3) is 0 Å². The van der Waals surface area contributed by atoms with Gasteiger partial charge in [0.25, 0.3) is 10.0 Å². The zero-order valence-corrected chi connectivity index (χ0v) is 19.4. The molecular weight excluding hydrogens is 502 g/mol. The van der Waals surface area contributed by atoms with Crippen molar-refractivity contribution in [2.75, 3.05) is 20.6 Å². The van der Waals surface area contributed by atoms with Gasteiger partial charge in [0.05, 0.1) is 13.1 Å². The summed E-state index contributed by atoms with van der Waals surface area (Å²) in [6.07, 6.45) is 0. The third-order valence-electron chi connectivity index (χ3n) is 3.51. The molecule has 0 bridgehead atoms. The number of rotatable bonds is 7. The van der Waals surface area contributed by atoms with Crippen LogP contribution in [0.3, 0.4) is 0 Å². The molecule has 2 aromatic rings. The van der Waals surface area contributed by atoms with E-state index in [9.17, 15) is 12.8 Å². The molecule has 10 heteroatoms. The maximum absolute atomic E-state index is 13.7. The first-order valence-corrected chi connectivity index (χ1v) is 10.4. The number of benzene rings is 1. The summed E-state index contributed by atoms with van der Waals surface area (Å²) >= 11 is 1.21. The Hall–Kier alpha value is -1.24. The molecule has 150 valence electrons. The lowest BCUT2D eigenvalue weighted by atomic mass is 10.2. The van der Waals surface area contributed by atoms with Gasteiger partial charge in [-0.2, -0.15) is 0 Å². The van der Waals surface area contributed by atoms with Gasteiger partial charge in [0.15, 0.2) is 5.96 Å². The van der Waals surface area contributed by atoms with Gasteiger partial charge in [-0.3, -0.25) is 0 Å². The summed E-state index contributed by atoms with van der Waals surface area (Å²) in [5.74, 6) is 0.255. The Bertz CT molecular complexity index is 869. The van der Waals surface area contributed by atoms with Crippen molar-refractivity contribution in [2.45, 2.75) is 24.2 Å². The van der Waals surface area contributed by atoms with Crippen molar-refractivity contribution in [1.29, 1.82) is 0 Å². The molecule has 0 saturated carbocycles. The van der Waals surface area contributed by atoms with Gasteiger partial charge in [0.2, 0.25) is 0 Å². The van der Waals surface area contributed by atoms with E-state index in [1.165, 1.54) is 35.8 Å². The molecule has 1 heterocycles. The van der Waals surface area contributed by atoms with Crippen LogP contribution in [0.5, 0.6) is 0 Å². The SMILES string of the molecule is CCNC(=NCc1ccccc1F)NCc1ccc(S(=O)(=O)N(C)C)s1.I. The van der Waals surface area contributed by atoms with Gasteiger partial charge in [-0.15, -0.1) is 35.3 Å². The molecule has 6 nitrogen and oxygen atoms in total. The van der Waals surface area contributed by atoms with E-state index >= 15 is 0 Å². The van der Waals surface area contributed by atoms with E-state index in [4.69, 9.17) is 0 Å². The molecule has 0 unspecified atom stereocenters. The predicted molar refractivity (Wildman–Crippen MR) is 119 cm³/mol. The van der Waals surface area contributed by atoms with Crippen LogP contribution in [-0.4, -0.2) is 39.3 Å². The summed E-state index contributed by atoms with van der Waals surface area (Å²) in [7, 11) is -0.408. The third-order valence-corrected chi connectivity index (χ3v) is 6.88. The highest BCUT2D eigenvalue weighted by molar-refractivity contribution is 14.0. The average molecular weight is 526 g/mol. The molecule has 1 aromatic heterocycles. The molecule has 0 saturated heterocycles. The fraction of sp³-hybridized carbons (Fsp3) is 0.353. The number of nitrogens with one attached hydrogen (secondary N) is 2. The number of nitrogens with zero attached hydrogens (tertiary/aromatic N) is 2. The highest BCUT2D eigenvalue weighted by Gasteiger charge is 2.19. The summed E-state index contributed by atoms with van der Waals surface area (Å²) in [5.41, 5.74) is 0.514. The van der Waals surface area contributed by atoms with E-state index in [0.717, 1.165) is 4.88 Å². The smallest absolute Gasteiger partial charge is 0.252 e. The summed E-state index contributed by atoms with van der Waals surface area (Å²) in [6, 6.07) is 9.88. The first kappa shape index (κ1) is 23.8. The van der Waals surface area contributed by atoms with E-state index in [0.29, 0.717) is 28.8 Å². The maximum Gasteiger partial charge on any atom is 0.252 e. The Morgan fingerprint density at radius 3 is 2.52 bits per heavy atom. The largest absolute Gasteiger partial charge is 0.357 e. The van der Waals surface area contributed by atoms with E-state index in [-0.39, 0.29) is 36.3 Å². The average Bonchev–Trinajstić information content (AvgIpc) is 3.08. The number of aliphatic imine (C=N–C) groups is 1. The lowest BCUT2D eigenvalue weighted by Crippen LogP contribution is -2.36. The summed E-state index contributed by atoms with van der Waals surface area (Å²) in [6.45, 7) is 3.24. The molecule has 2 N–H and O–H groups in total. The lowest BCUT2D eigenvalue weighted by Gasteiger charge is -2.11. The molecule has 0 atom stereocenters. The summed E-state index contributed by atoms with van der Waals surface area (Å²) in [5, 5.41) is 6.23. The Labute approximate surface area is 181 Å². The molecule has 0 spiro atoms. The van der Waals surface area contributed by atoms with Gasteiger partial charge < -0.3 is 10.6 Å². The molecule has 0 aliphatic rings. The van der Waals surface area contributed by atoms with Crippen molar-refractivity contribution < 1.29 is 12.8 Å². The van der Waals surface area contributed by atoms with Crippen molar-refractivity contribution in [3.63, 3.8) is 0 Å². The molecule has 0 amide bonds. The molecular formula is C17H24FIN4O2S2. The maximum atomic E-state index is 13.7. The first-order chi connectivity index (χ1) is 12.3. The zero-order chi connectivity index (χ0) is 19.2. The zero-order valence-electron chi connectivity index (χ0n) is 15.4. The number of hydrogen-bond acceptors (Lipinski definition) is 4. The van der Waals surface area contributed by atoms with Crippen molar-refractivity contribution in [1.82, 2.24) is 14.9 Å². The van der Waals surface area contributed by atoms with Gasteiger partial charge in [-0.1, -0.05) is 18.2 Å².